The highest BCUT2D eigenvalue weighted by Crippen LogP contribution is 2.50. The minimum atomic E-state index is -0.0645. The Morgan fingerprint density at radius 2 is 1.00 bits per heavy atom. The van der Waals surface area contributed by atoms with Gasteiger partial charge >= 0.3 is 6.85 Å². The van der Waals surface area contributed by atoms with E-state index >= 15 is 0 Å². The third kappa shape index (κ3) is 6.63. The minimum absolute atomic E-state index is 0.0111. The summed E-state index contributed by atoms with van der Waals surface area (Å²) in [5.74, 6) is 0. The number of hydrogen-bond acceptors (Lipinski definition) is 2. The lowest BCUT2D eigenvalue weighted by Gasteiger charge is -2.42. The van der Waals surface area contributed by atoms with E-state index in [1.165, 1.54) is 94.3 Å². The van der Waals surface area contributed by atoms with Crippen molar-refractivity contribution in [3.63, 3.8) is 0 Å². The molecular weight excluding hydrogens is 786 g/mol. The smallest absolute Gasteiger partial charge is 0.333 e. The van der Waals surface area contributed by atoms with Crippen molar-refractivity contribution in [2.75, 3.05) is 9.80 Å². The maximum atomic E-state index is 2.71. The summed E-state index contributed by atoms with van der Waals surface area (Å²) in [6.07, 6.45) is 0. The van der Waals surface area contributed by atoms with Crippen molar-refractivity contribution in [2.24, 2.45) is 0 Å². The van der Waals surface area contributed by atoms with E-state index in [0.717, 1.165) is 17.1 Å². The van der Waals surface area contributed by atoms with Crippen molar-refractivity contribution in [1.82, 2.24) is 4.48 Å². The zero-order valence-corrected chi connectivity index (χ0v) is 39.6. The average Bonchev–Trinajstić information content (AvgIpc) is 3.61. The molecule has 0 bridgehead atoms. The first-order valence-corrected chi connectivity index (χ1v) is 23.4. The molecule has 0 unspecified atom stereocenters. The first-order valence-electron chi connectivity index (χ1n) is 23.4. The van der Waals surface area contributed by atoms with Gasteiger partial charge in [-0.2, -0.15) is 0 Å². The number of aryl methyl sites for hydroxylation is 1. The molecule has 0 spiro atoms. The maximum Gasteiger partial charge on any atom is 0.333 e. The number of para-hydroxylation sites is 2. The van der Waals surface area contributed by atoms with Gasteiger partial charge in [0.25, 0.3) is 0 Å². The number of rotatable bonds is 5. The van der Waals surface area contributed by atoms with Crippen LogP contribution in [0.4, 0.5) is 34.1 Å². The molecule has 9 aromatic rings. The fourth-order valence-electron chi connectivity index (χ4n) is 10.6. The Morgan fingerprint density at radius 1 is 0.431 bits per heavy atom. The largest absolute Gasteiger partial charge is 0.375 e. The first-order chi connectivity index (χ1) is 31.1. The molecule has 65 heavy (non-hydrogen) atoms. The molecule has 0 N–H and O–H groups in total. The molecule has 4 heteroatoms. The SMILES string of the molecule is Cc1cc2c3c(c1)N(c1ccc(C(C)(C)C)cc1-c1ccccc1)c1cc(N(c4ccccc4)c4ccccc4)ccc1B3n1c3ccc(C(C)(C)C)cc3c3cc(C(C)(C)C)cc-2c31. The Morgan fingerprint density at radius 3 is 1.63 bits per heavy atom. The van der Waals surface area contributed by atoms with Gasteiger partial charge in [0.05, 0.1) is 5.69 Å². The van der Waals surface area contributed by atoms with Crippen molar-refractivity contribution < 1.29 is 0 Å². The number of fused-ring (bicyclic) bond motifs is 7. The quantitative estimate of drug-likeness (QED) is 0.160. The molecule has 0 atom stereocenters. The standard InChI is InChI=1S/C61H58BN3/c1-39-32-49-51-37-43(61(8,9)10)36-50-48-35-42(60(5,6)7)27-31-54(48)65(58(50)51)62-52-29-28-46(63(44-22-16-12-17-23-44)45-24-18-13-19-25-45)38-55(52)64(56(33-39)57(49)62)53-30-26-41(59(2,3)4)34-47(53)40-20-14-11-15-21-40/h11-38H,1-10H3. The molecule has 0 radical (unpaired) electrons. The third-order valence-corrected chi connectivity index (χ3v) is 14.0. The molecule has 0 aliphatic carbocycles. The summed E-state index contributed by atoms with van der Waals surface area (Å²) in [4.78, 5) is 5.02. The Kier molecular flexibility index (Phi) is 9.22. The van der Waals surface area contributed by atoms with Gasteiger partial charge < -0.3 is 14.3 Å². The molecular formula is C61H58BN3. The lowest BCUT2D eigenvalue weighted by atomic mass is 9.45. The lowest BCUT2D eigenvalue weighted by molar-refractivity contribution is 0.590. The molecule has 11 rings (SSSR count). The molecule has 0 fully saturated rings. The number of benzene rings is 8. The van der Waals surface area contributed by atoms with E-state index in [0.29, 0.717) is 0 Å². The van der Waals surface area contributed by atoms with Crippen molar-refractivity contribution in [3.05, 3.63) is 192 Å². The number of nitrogens with zero attached hydrogens (tertiary/aromatic N) is 3. The highest BCUT2D eigenvalue weighted by Gasteiger charge is 2.44. The molecule has 0 saturated carbocycles. The van der Waals surface area contributed by atoms with E-state index in [9.17, 15) is 0 Å². The van der Waals surface area contributed by atoms with E-state index < -0.39 is 0 Å². The van der Waals surface area contributed by atoms with Crippen LogP contribution in [0.2, 0.25) is 0 Å². The zero-order chi connectivity index (χ0) is 45.2. The van der Waals surface area contributed by atoms with Gasteiger partial charge in [-0.1, -0.05) is 153 Å². The van der Waals surface area contributed by atoms with Gasteiger partial charge in [0.2, 0.25) is 0 Å². The summed E-state index contributed by atoms with van der Waals surface area (Å²) in [6, 6.07) is 64.3. The van der Waals surface area contributed by atoms with Crippen LogP contribution in [-0.2, 0) is 16.2 Å². The first kappa shape index (κ1) is 41.0. The molecule has 3 heterocycles. The van der Waals surface area contributed by atoms with Crippen LogP contribution in [0.5, 0.6) is 0 Å². The molecule has 0 amide bonds. The number of hydrogen-bond donors (Lipinski definition) is 0. The Bertz CT molecular complexity index is 3280. The van der Waals surface area contributed by atoms with E-state index in [4.69, 9.17) is 0 Å². The van der Waals surface area contributed by atoms with Crippen molar-refractivity contribution >= 4 is 73.7 Å². The van der Waals surface area contributed by atoms with E-state index in [1.54, 1.807) is 0 Å². The monoisotopic (exact) mass is 843 g/mol. The summed E-state index contributed by atoms with van der Waals surface area (Å²) < 4.78 is 2.71. The Hall–Kier alpha value is -6.78. The summed E-state index contributed by atoms with van der Waals surface area (Å²) in [6.45, 7) is 23.2. The van der Waals surface area contributed by atoms with Crippen LogP contribution in [0.15, 0.2) is 170 Å². The molecule has 320 valence electrons. The lowest BCUT2D eigenvalue weighted by Crippen LogP contribution is -2.56. The second kappa shape index (κ2) is 14.6. The summed E-state index contributed by atoms with van der Waals surface area (Å²) >= 11 is 0. The van der Waals surface area contributed by atoms with Crippen LogP contribution in [0.3, 0.4) is 0 Å². The second-order valence-electron chi connectivity index (χ2n) is 21.6. The third-order valence-electron chi connectivity index (χ3n) is 14.0. The number of anilines is 6. The van der Waals surface area contributed by atoms with Gasteiger partial charge in [-0.15, -0.1) is 0 Å². The molecule has 3 nitrogen and oxygen atoms in total. The maximum absolute atomic E-state index is 2.71. The molecule has 2 aliphatic rings. The van der Waals surface area contributed by atoms with E-state index in [2.05, 4.69) is 253 Å². The van der Waals surface area contributed by atoms with Gasteiger partial charge in [0.15, 0.2) is 0 Å². The molecule has 0 saturated heterocycles. The highest BCUT2D eigenvalue weighted by atomic mass is 15.2. The predicted octanol–water partition coefficient (Wildman–Crippen LogP) is 15.5. The summed E-state index contributed by atoms with van der Waals surface area (Å²) in [5, 5.41) is 2.67. The second-order valence-corrected chi connectivity index (χ2v) is 21.6. The van der Waals surface area contributed by atoms with Gasteiger partial charge in [-0.3, -0.25) is 0 Å². The Balaban J connectivity index is 1.28. The Labute approximate surface area is 386 Å². The van der Waals surface area contributed by atoms with Gasteiger partial charge in [0, 0.05) is 61.4 Å². The van der Waals surface area contributed by atoms with Crippen molar-refractivity contribution in [3.8, 4) is 22.3 Å². The van der Waals surface area contributed by atoms with Crippen LogP contribution in [0.25, 0.3) is 44.1 Å². The van der Waals surface area contributed by atoms with Crippen LogP contribution in [-0.4, -0.2) is 11.3 Å². The fourth-order valence-corrected chi connectivity index (χ4v) is 10.6. The highest BCUT2D eigenvalue weighted by molar-refractivity contribution is 6.90. The minimum Gasteiger partial charge on any atom is -0.375 e. The van der Waals surface area contributed by atoms with Gasteiger partial charge in [-0.05, 0) is 146 Å². The topological polar surface area (TPSA) is 11.4 Å². The van der Waals surface area contributed by atoms with Gasteiger partial charge in [-0.25, -0.2) is 0 Å². The van der Waals surface area contributed by atoms with E-state index in [1.807, 2.05) is 0 Å². The van der Waals surface area contributed by atoms with E-state index in [-0.39, 0.29) is 23.1 Å². The van der Waals surface area contributed by atoms with Crippen LogP contribution >= 0.6 is 0 Å². The molecule has 1 aromatic heterocycles. The predicted molar refractivity (Wildman–Crippen MR) is 281 cm³/mol. The summed E-state index contributed by atoms with van der Waals surface area (Å²) in [7, 11) is 0. The molecule has 8 aromatic carbocycles. The van der Waals surface area contributed by atoms with Crippen LogP contribution < -0.4 is 20.7 Å². The summed E-state index contributed by atoms with van der Waals surface area (Å²) in [5.41, 5.74) is 22.5. The van der Waals surface area contributed by atoms with Crippen LogP contribution in [0, 0.1) is 6.92 Å². The number of aromatic nitrogens is 1. The van der Waals surface area contributed by atoms with Crippen molar-refractivity contribution in [2.45, 2.75) is 85.5 Å². The molecule has 2 aliphatic heterocycles. The normalized spacial score (nSPS) is 13.3. The fraction of sp³-hybridized carbons (Fsp3) is 0.213. The average molecular weight is 844 g/mol. The van der Waals surface area contributed by atoms with Crippen LogP contribution in [0.1, 0.15) is 84.6 Å². The zero-order valence-electron chi connectivity index (χ0n) is 39.6. The van der Waals surface area contributed by atoms with Gasteiger partial charge in [0.1, 0.15) is 0 Å². The van der Waals surface area contributed by atoms with Crippen molar-refractivity contribution in [1.29, 1.82) is 0 Å².